The number of carbonyl (C=O) groups excluding carboxylic acids is 1. The van der Waals surface area contributed by atoms with Gasteiger partial charge in [-0.05, 0) is 27.2 Å². The van der Waals surface area contributed by atoms with Crippen molar-refractivity contribution in [2.45, 2.75) is 50.9 Å². The maximum Gasteiger partial charge on any atom is 0.230 e. The Kier molecular flexibility index (Phi) is 5.87. The van der Waals surface area contributed by atoms with Crippen LogP contribution in [0.3, 0.4) is 0 Å². The van der Waals surface area contributed by atoms with Crippen molar-refractivity contribution >= 4 is 17.7 Å². The first kappa shape index (κ1) is 16.0. The Hall–Kier alpha value is -1.01. The summed E-state index contributed by atoms with van der Waals surface area (Å²) in [5.41, 5.74) is -0.0492. The minimum absolute atomic E-state index is 0.0243. The van der Waals surface area contributed by atoms with E-state index in [1.54, 1.807) is 6.20 Å². The van der Waals surface area contributed by atoms with Crippen molar-refractivity contribution in [3.8, 4) is 0 Å². The molecule has 0 aliphatic carbocycles. The lowest BCUT2D eigenvalue weighted by Gasteiger charge is -2.23. The van der Waals surface area contributed by atoms with Gasteiger partial charge in [0.15, 0.2) is 5.16 Å². The van der Waals surface area contributed by atoms with Crippen LogP contribution >= 0.6 is 11.8 Å². The summed E-state index contributed by atoms with van der Waals surface area (Å²) < 4.78 is 2.05. The smallest absolute Gasteiger partial charge is 0.230 e. The molecule has 0 aliphatic rings. The van der Waals surface area contributed by atoms with Crippen molar-refractivity contribution in [3.63, 3.8) is 0 Å². The lowest BCUT2D eigenvalue weighted by molar-refractivity contribution is -0.119. The topological polar surface area (TPSA) is 67.2 Å². The Morgan fingerprint density at radius 2 is 2.26 bits per heavy atom. The first-order valence-electron chi connectivity index (χ1n) is 6.45. The van der Waals surface area contributed by atoms with E-state index in [2.05, 4.69) is 31.1 Å². The number of thioether (sulfide) groups is 1. The minimum atomic E-state index is -0.157. The molecule has 0 spiro atoms. The molecular weight excluding hydrogens is 262 g/mol. The van der Waals surface area contributed by atoms with E-state index in [1.807, 2.05) is 17.7 Å². The molecule has 0 aliphatic heterocycles. The van der Waals surface area contributed by atoms with Gasteiger partial charge in [0.1, 0.15) is 0 Å². The molecular formula is C13H23N3O2S. The van der Waals surface area contributed by atoms with E-state index in [4.69, 9.17) is 5.11 Å². The van der Waals surface area contributed by atoms with Gasteiger partial charge in [-0.2, -0.15) is 0 Å². The molecule has 2 N–H and O–H groups in total. The van der Waals surface area contributed by atoms with Crippen molar-refractivity contribution in [1.82, 2.24) is 14.9 Å². The van der Waals surface area contributed by atoms with Gasteiger partial charge in [0.05, 0.1) is 18.4 Å². The van der Waals surface area contributed by atoms with Gasteiger partial charge in [-0.3, -0.25) is 4.79 Å². The number of nitrogens with zero attached hydrogens (tertiary/aromatic N) is 2. The van der Waals surface area contributed by atoms with Crippen LogP contribution in [0.2, 0.25) is 0 Å². The van der Waals surface area contributed by atoms with Gasteiger partial charge < -0.3 is 15.0 Å². The van der Waals surface area contributed by atoms with Crippen LogP contribution in [0.25, 0.3) is 0 Å². The first-order chi connectivity index (χ1) is 8.88. The summed E-state index contributed by atoms with van der Waals surface area (Å²) >= 11 is 1.41. The number of amides is 1. The van der Waals surface area contributed by atoms with Crippen molar-refractivity contribution < 1.29 is 9.90 Å². The van der Waals surface area contributed by atoms with Gasteiger partial charge in [-0.25, -0.2) is 4.98 Å². The standard InChI is InChI=1S/C13H23N3O2S/c1-5-10(8-17)15-11(18)9-19-12-14-6-7-16(12)13(2,3)4/h6-7,10,17H,5,8-9H2,1-4H3,(H,15,18). The van der Waals surface area contributed by atoms with E-state index >= 15 is 0 Å². The van der Waals surface area contributed by atoms with Crippen LogP contribution in [-0.4, -0.2) is 39.0 Å². The number of aliphatic hydroxyl groups is 1. The van der Waals surface area contributed by atoms with Gasteiger partial charge in [0, 0.05) is 17.9 Å². The molecule has 0 bridgehead atoms. The molecule has 0 aromatic carbocycles. The van der Waals surface area contributed by atoms with Crippen molar-refractivity contribution in [1.29, 1.82) is 0 Å². The average molecular weight is 285 g/mol. The molecule has 1 atom stereocenters. The molecule has 0 saturated heterocycles. The highest BCUT2D eigenvalue weighted by molar-refractivity contribution is 7.99. The second-order valence-electron chi connectivity index (χ2n) is 5.39. The molecule has 1 aromatic rings. The summed E-state index contributed by atoms with van der Waals surface area (Å²) in [6, 6.07) is -0.157. The summed E-state index contributed by atoms with van der Waals surface area (Å²) in [5.74, 6) is 0.234. The monoisotopic (exact) mass is 285 g/mol. The Morgan fingerprint density at radius 3 is 2.79 bits per heavy atom. The summed E-state index contributed by atoms with van der Waals surface area (Å²) in [6.07, 6.45) is 4.39. The van der Waals surface area contributed by atoms with Gasteiger partial charge in [0.2, 0.25) is 5.91 Å². The highest BCUT2D eigenvalue weighted by atomic mass is 32.2. The van der Waals surface area contributed by atoms with Crippen molar-refractivity contribution in [3.05, 3.63) is 12.4 Å². The molecule has 0 radical (unpaired) electrons. The third kappa shape index (κ3) is 4.87. The van der Waals surface area contributed by atoms with Gasteiger partial charge in [-0.1, -0.05) is 18.7 Å². The lowest BCUT2D eigenvalue weighted by Crippen LogP contribution is -2.38. The maximum atomic E-state index is 11.7. The van der Waals surface area contributed by atoms with Crippen LogP contribution in [0.1, 0.15) is 34.1 Å². The van der Waals surface area contributed by atoms with E-state index < -0.39 is 0 Å². The zero-order chi connectivity index (χ0) is 14.5. The van der Waals surface area contributed by atoms with Gasteiger partial charge in [-0.15, -0.1) is 0 Å². The van der Waals surface area contributed by atoms with Crippen molar-refractivity contribution in [2.24, 2.45) is 0 Å². The SMILES string of the molecule is CCC(CO)NC(=O)CSc1nccn1C(C)(C)C. The summed E-state index contributed by atoms with van der Waals surface area (Å²) in [4.78, 5) is 16.0. The normalized spacial score (nSPS) is 13.3. The molecule has 1 aromatic heterocycles. The van der Waals surface area contributed by atoms with Crippen LogP contribution in [-0.2, 0) is 10.3 Å². The Labute approximate surface area is 118 Å². The zero-order valence-electron chi connectivity index (χ0n) is 12.0. The third-order valence-electron chi connectivity index (χ3n) is 2.74. The van der Waals surface area contributed by atoms with Crippen LogP contribution in [0.4, 0.5) is 0 Å². The van der Waals surface area contributed by atoms with Crippen LogP contribution in [0.5, 0.6) is 0 Å². The summed E-state index contributed by atoms with van der Waals surface area (Å²) in [7, 11) is 0. The van der Waals surface area contributed by atoms with E-state index in [-0.39, 0.29) is 24.1 Å². The number of rotatable bonds is 6. The Bertz CT molecular complexity index is 408. The fourth-order valence-corrected chi connectivity index (χ4v) is 2.54. The van der Waals surface area contributed by atoms with E-state index in [1.165, 1.54) is 11.8 Å². The average Bonchev–Trinajstić information content (AvgIpc) is 2.81. The summed E-state index contributed by atoms with van der Waals surface area (Å²) in [6.45, 7) is 8.19. The number of carbonyl (C=O) groups is 1. The molecule has 1 heterocycles. The molecule has 19 heavy (non-hydrogen) atoms. The number of hydrogen-bond acceptors (Lipinski definition) is 4. The number of hydrogen-bond donors (Lipinski definition) is 2. The number of nitrogens with one attached hydrogen (secondary N) is 1. The predicted octanol–water partition coefficient (Wildman–Crippen LogP) is 1.62. The van der Waals surface area contributed by atoms with Gasteiger partial charge >= 0.3 is 0 Å². The predicted molar refractivity (Wildman–Crippen MR) is 77.3 cm³/mol. The molecule has 5 nitrogen and oxygen atoms in total. The molecule has 108 valence electrons. The number of aliphatic hydroxyl groups excluding tert-OH is 1. The maximum absolute atomic E-state index is 11.7. The van der Waals surface area contributed by atoms with E-state index in [0.717, 1.165) is 11.6 Å². The second kappa shape index (κ2) is 6.96. The van der Waals surface area contributed by atoms with Crippen molar-refractivity contribution in [2.75, 3.05) is 12.4 Å². The minimum Gasteiger partial charge on any atom is -0.394 e. The largest absolute Gasteiger partial charge is 0.394 e. The Balaban J connectivity index is 2.54. The fourth-order valence-electron chi connectivity index (χ4n) is 1.58. The van der Waals surface area contributed by atoms with Gasteiger partial charge in [0.25, 0.3) is 0 Å². The molecule has 1 amide bonds. The molecule has 0 saturated carbocycles. The highest BCUT2D eigenvalue weighted by Gasteiger charge is 2.18. The molecule has 1 unspecified atom stereocenters. The third-order valence-corrected chi connectivity index (χ3v) is 3.71. The van der Waals surface area contributed by atoms with E-state index in [9.17, 15) is 4.79 Å². The number of aromatic nitrogens is 2. The quantitative estimate of drug-likeness (QED) is 0.779. The summed E-state index contributed by atoms with van der Waals surface area (Å²) in [5, 5.41) is 12.7. The lowest BCUT2D eigenvalue weighted by atomic mass is 10.1. The second-order valence-corrected chi connectivity index (χ2v) is 6.34. The van der Waals surface area contributed by atoms with E-state index in [0.29, 0.717) is 5.75 Å². The molecule has 6 heteroatoms. The fraction of sp³-hybridized carbons (Fsp3) is 0.692. The first-order valence-corrected chi connectivity index (χ1v) is 7.44. The molecule has 0 fully saturated rings. The highest BCUT2D eigenvalue weighted by Crippen LogP contribution is 2.23. The Morgan fingerprint density at radius 1 is 1.58 bits per heavy atom. The molecule has 1 rings (SSSR count). The number of imidazole rings is 1. The van der Waals surface area contributed by atoms with Crippen LogP contribution in [0.15, 0.2) is 17.6 Å². The van der Waals surface area contributed by atoms with Crippen LogP contribution < -0.4 is 5.32 Å². The zero-order valence-corrected chi connectivity index (χ0v) is 12.8. The van der Waals surface area contributed by atoms with Crippen LogP contribution in [0, 0.1) is 0 Å².